The molecule has 0 aliphatic carbocycles. The Kier molecular flexibility index (Phi) is 6.02. The first-order valence-corrected chi connectivity index (χ1v) is 6.37. The van der Waals surface area contributed by atoms with Gasteiger partial charge in [-0.1, -0.05) is 43.7 Å². The van der Waals surface area contributed by atoms with Gasteiger partial charge in [-0.2, -0.15) is 0 Å². The van der Waals surface area contributed by atoms with Crippen LogP contribution in [0.1, 0.15) is 31.4 Å². The van der Waals surface area contributed by atoms with Crippen LogP contribution in [0.2, 0.25) is 0 Å². The zero-order valence-electron chi connectivity index (χ0n) is 11.0. The number of hydrogen-bond acceptors (Lipinski definition) is 3. The summed E-state index contributed by atoms with van der Waals surface area (Å²) in [5, 5.41) is 11.6. The molecule has 2 atom stereocenters. The standard InChI is InChI=1S/C14H20N2O3/c1-2-6-11(14(18)19)9-16-13(17)12(15)10-7-4-3-5-8-10/h3-5,7-8,11-12H,2,6,9,15H2,1H3,(H,16,17)(H,18,19)/t11?,12-/m0/s1. The molecule has 0 saturated heterocycles. The number of hydrogen-bond donors (Lipinski definition) is 3. The predicted molar refractivity (Wildman–Crippen MR) is 72.4 cm³/mol. The molecule has 1 rings (SSSR count). The zero-order chi connectivity index (χ0) is 14.3. The number of amides is 1. The summed E-state index contributed by atoms with van der Waals surface area (Å²) in [5.74, 6) is -1.80. The highest BCUT2D eigenvalue weighted by atomic mass is 16.4. The molecule has 0 bridgehead atoms. The van der Waals surface area contributed by atoms with E-state index in [4.69, 9.17) is 10.8 Å². The van der Waals surface area contributed by atoms with Crippen LogP contribution in [-0.4, -0.2) is 23.5 Å². The minimum Gasteiger partial charge on any atom is -0.481 e. The van der Waals surface area contributed by atoms with E-state index in [0.717, 1.165) is 6.42 Å². The van der Waals surface area contributed by atoms with Crippen LogP contribution in [0.5, 0.6) is 0 Å². The Morgan fingerprint density at radius 2 is 1.95 bits per heavy atom. The van der Waals surface area contributed by atoms with Crippen LogP contribution in [0.3, 0.4) is 0 Å². The molecule has 0 aliphatic rings. The number of carboxylic acids is 1. The Morgan fingerprint density at radius 3 is 2.47 bits per heavy atom. The van der Waals surface area contributed by atoms with Gasteiger partial charge in [-0.15, -0.1) is 0 Å². The van der Waals surface area contributed by atoms with Crippen LogP contribution < -0.4 is 11.1 Å². The number of benzene rings is 1. The Morgan fingerprint density at radius 1 is 1.32 bits per heavy atom. The first-order chi connectivity index (χ1) is 9.06. The van der Waals surface area contributed by atoms with Gasteiger partial charge < -0.3 is 16.2 Å². The number of carbonyl (C=O) groups excluding carboxylic acids is 1. The maximum atomic E-state index is 11.8. The van der Waals surface area contributed by atoms with Crippen molar-refractivity contribution in [3.63, 3.8) is 0 Å². The SMILES string of the molecule is CCCC(CNC(=O)[C@@H](N)c1ccccc1)C(=O)O. The van der Waals surface area contributed by atoms with Crippen molar-refractivity contribution in [3.05, 3.63) is 35.9 Å². The summed E-state index contributed by atoms with van der Waals surface area (Å²) in [7, 11) is 0. The molecule has 4 N–H and O–H groups in total. The van der Waals surface area contributed by atoms with E-state index in [1.807, 2.05) is 13.0 Å². The Balaban J connectivity index is 2.53. The van der Waals surface area contributed by atoms with Gasteiger partial charge >= 0.3 is 5.97 Å². The molecule has 19 heavy (non-hydrogen) atoms. The molecule has 1 amide bonds. The summed E-state index contributed by atoms with van der Waals surface area (Å²) >= 11 is 0. The van der Waals surface area contributed by atoms with Crippen molar-refractivity contribution < 1.29 is 14.7 Å². The maximum absolute atomic E-state index is 11.8. The van der Waals surface area contributed by atoms with Crippen LogP contribution in [0.4, 0.5) is 0 Å². The maximum Gasteiger partial charge on any atom is 0.308 e. The Labute approximate surface area is 112 Å². The van der Waals surface area contributed by atoms with E-state index in [1.54, 1.807) is 24.3 Å². The van der Waals surface area contributed by atoms with E-state index < -0.39 is 17.9 Å². The van der Waals surface area contributed by atoms with Gasteiger partial charge in [-0.05, 0) is 12.0 Å². The summed E-state index contributed by atoms with van der Waals surface area (Å²) in [6, 6.07) is 8.22. The molecule has 1 aromatic carbocycles. The second kappa shape index (κ2) is 7.53. The normalized spacial score (nSPS) is 13.6. The smallest absolute Gasteiger partial charge is 0.308 e. The van der Waals surface area contributed by atoms with Gasteiger partial charge in [0.1, 0.15) is 6.04 Å². The van der Waals surface area contributed by atoms with Gasteiger partial charge in [0, 0.05) is 6.54 Å². The van der Waals surface area contributed by atoms with Gasteiger partial charge in [0.15, 0.2) is 0 Å². The lowest BCUT2D eigenvalue weighted by atomic mass is 10.0. The average Bonchev–Trinajstić information content (AvgIpc) is 2.42. The highest BCUT2D eigenvalue weighted by Gasteiger charge is 2.20. The van der Waals surface area contributed by atoms with E-state index in [9.17, 15) is 9.59 Å². The molecular formula is C14H20N2O3. The first-order valence-electron chi connectivity index (χ1n) is 6.37. The number of nitrogens with one attached hydrogen (secondary N) is 1. The molecule has 104 valence electrons. The molecule has 5 nitrogen and oxygen atoms in total. The lowest BCUT2D eigenvalue weighted by molar-refractivity contribution is -0.142. The molecule has 0 spiro atoms. The quantitative estimate of drug-likeness (QED) is 0.692. The third kappa shape index (κ3) is 4.71. The molecule has 0 saturated carbocycles. The highest BCUT2D eigenvalue weighted by Crippen LogP contribution is 2.10. The van der Waals surface area contributed by atoms with E-state index in [-0.39, 0.29) is 12.5 Å². The van der Waals surface area contributed by atoms with Crippen LogP contribution in [-0.2, 0) is 9.59 Å². The van der Waals surface area contributed by atoms with Crippen LogP contribution in [0.25, 0.3) is 0 Å². The summed E-state index contributed by atoms with van der Waals surface area (Å²) in [5.41, 5.74) is 6.53. The van der Waals surface area contributed by atoms with Crippen molar-refractivity contribution in [3.8, 4) is 0 Å². The number of carbonyl (C=O) groups is 2. The van der Waals surface area contributed by atoms with Crippen molar-refractivity contribution in [1.82, 2.24) is 5.32 Å². The first kappa shape index (κ1) is 15.2. The summed E-state index contributed by atoms with van der Waals surface area (Å²) in [4.78, 5) is 22.8. The van der Waals surface area contributed by atoms with Gasteiger partial charge in [0.05, 0.1) is 5.92 Å². The molecule has 5 heteroatoms. The molecule has 0 fully saturated rings. The van der Waals surface area contributed by atoms with Crippen LogP contribution in [0, 0.1) is 5.92 Å². The molecule has 0 aliphatic heterocycles. The van der Waals surface area contributed by atoms with E-state index in [1.165, 1.54) is 0 Å². The third-order valence-electron chi connectivity index (χ3n) is 2.95. The summed E-state index contributed by atoms with van der Waals surface area (Å²) < 4.78 is 0. The molecule has 1 unspecified atom stereocenters. The van der Waals surface area contributed by atoms with Crippen LogP contribution >= 0.6 is 0 Å². The molecular weight excluding hydrogens is 244 g/mol. The van der Waals surface area contributed by atoms with Crippen molar-refractivity contribution in [2.24, 2.45) is 11.7 Å². The predicted octanol–water partition coefficient (Wildman–Crippen LogP) is 1.30. The molecule has 0 heterocycles. The Hall–Kier alpha value is -1.88. The van der Waals surface area contributed by atoms with Gasteiger partial charge in [0.25, 0.3) is 0 Å². The lowest BCUT2D eigenvalue weighted by Gasteiger charge is -2.15. The average molecular weight is 264 g/mol. The van der Waals surface area contributed by atoms with Crippen molar-refractivity contribution >= 4 is 11.9 Å². The van der Waals surface area contributed by atoms with Crippen LogP contribution in [0.15, 0.2) is 30.3 Å². The van der Waals surface area contributed by atoms with Crippen molar-refractivity contribution in [1.29, 1.82) is 0 Å². The number of rotatable bonds is 7. The van der Waals surface area contributed by atoms with E-state index in [2.05, 4.69) is 5.32 Å². The fourth-order valence-corrected chi connectivity index (χ4v) is 1.81. The molecule has 1 aromatic rings. The summed E-state index contributed by atoms with van der Waals surface area (Å²) in [6.45, 7) is 2.02. The molecule has 0 aromatic heterocycles. The van der Waals surface area contributed by atoms with Crippen molar-refractivity contribution in [2.45, 2.75) is 25.8 Å². The monoisotopic (exact) mass is 264 g/mol. The fraction of sp³-hybridized carbons (Fsp3) is 0.429. The second-order valence-electron chi connectivity index (χ2n) is 4.46. The Bertz CT molecular complexity index is 420. The van der Waals surface area contributed by atoms with Gasteiger partial charge in [-0.25, -0.2) is 0 Å². The minimum atomic E-state index is -0.893. The third-order valence-corrected chi connectivity index (χ3v) is 2.95. The highest BCUT2D eigenvalue weighted by molar-refractivity contribution is 5.83. The zero-order valence-corrected chi connectivity index (χ0v) is 11.0. The largest absolute Gasteiger partial charge is 0.481 e. The summed E-state index contributed by atoms with van der Waals surface area (Å²) in [6.07, 6.45) is 1.30. The van der Waals surface area contributed by atoms with Crippen molar-refractivity contribution in [2.75, 3.05) is 6.54 Å². The number of aliphatic carboxylic acids is 1. The van der Waals surface area contributed by atoms with Gasteiger partial charge in [0.2, 0.25) is 5.91 Å². The number of nitrogens with two attached hydrogens (primary N) is 1. The number of carboxylic acid groups (broad SMARTS) is 1. The lowest BCUT2D eigenvalue weighted by Crippen LogP contribution is -2.38. The van der Waals surface area contributed by atoms with E-state index in [0.29, 0.717) is 12.0 Å². The van der Waals surface area contributed by atoms with E-state index >= 15 is 0 Å². The molecule has 0 radical (unpaired) electrons. The minimum absolute atomic E-state index is 0.114. The topological polar surface area (TPSA) is 92.4 Å². The van der Waals surface area contributed by atoms with Gasteiger partial charge in [-0.3, -0.25) is 9.59 Å². The fourth-order valence-electron chi connectivity index (χ4n) is 1.81. The second-order valence-corrected chi connectivity index (χ2v) is 4.46.